The zero-order valence-corrected chi connectivity index (χ0v) is 17.9. The summed E-state index contributed by atoms with van der Waals surface area (Å²) >= 11 is 1.86. The molecule has 1 N–H and O–H groups in total. The second-order valence-electron chi connectivity index (χ2n) is 7.10. The monoisotopic (exact) mass is 402 g/mol. The lowest BCUT2D eigenvalue weighted by atomic mass is 10.00. The normalized spacial score (nSPS) is 11.0. The molecule has 3 nitrogen and oxygen atoms in total. The van der Waals surface area contributed by atoms with Crippen molar-refractivity contribution in [1.29, 1.82) is 0 Å². The average molecular weight is 403 g/mol. The summed E-state index contributed by atoms with van der Waals surface area (Å²) in [5.74, 6) is 1.70. The van der Waals surface area contributed by atoms with E-state index in [1.165, 1.54) is 27.8 Å². The highest BCUT2D eigenvalue weighted by Crippen LogP contribution is 2.18. The molecule has 0 radical (unpaired) electrons. The first-order chi connectivity index (χ1) is 14.0. The van der Waals surface area contributed by atoms with Crippen molar-refractivity contribution in [1.82, 2.24) is 5.43 Å². The second-order valence-corrected chi connectivity index (χ2v) is 8.08. The summed E-state index contributed by atoms with van der Waals surface area (Å²) < 4.78 is 0. The smallest absolute Gasteiger partial charge is 0.267 e. The Morgan fingerprint density at radius 3 is 2.21 bits per heavy atom. The Bertz CT molecular complexity index is 995. The van der Waals surface area contributed by atoms with Gasteiger partial charge in [0.15, 0.2) is 0 Å². The lowest BCUT2D eigenvalue weighted by Gasteiger charge is -2.07. The molecule has 1 amide bonds. The van der Waals surface area contributed by atoms with E-state index in [0.717, 1.165) is 17.1 Å². The van der Waals surface area contributed by atoms with Crippen molar-refractivity contribution in [3.8, 4) is 0 Å². The predicted octanol–water partition coefficient (Wildman–Crippen LogP) is 5.81. The number of hydrazone groups is 1. The highest BCUT2D eigenvalue weighted by atomic mass is 32.2. The fourth-order valence-corrected chi connectivity index (χ4v) is 3.91. The van der Waals surface area contributed by atoms with Crippen molar-refractivity contribution < 1.29 is 4.79 Å². The maximum atomic E-state index is 12.3. The summed E-state index contributed by atoms with van der Waals surface area (Å²) in [5.41, 5.74) is 10.5. The van der Waals surface area contributed by atoms with Gasteiger partial charge in [-0.15, -0.1) is 0 Å². The Morgan fingerprint density at radius 2 is 1.52 bits per heavy atom. The van der Waals surface area contributed by atoms with Crippen molar-refractivity contribution in [3.63, 3.8) is 0 Å². The van der Waals surface area contributed by atoms with Crippen LogP contribution in [-0.2, 0) is 11.5 Å². The highest BCUT2D eigenvalue weighted by molar-refractivity contribution is 7.97. The molecule has 148 valence electrons. The van der Waals surface area contributed by atoms with Gasteiger partial charge in [0.2, 0.25) is 0 Å². The van der Waals surface area contributed by atoms with Gasteiger partial charge in [-0.1, -0.05) is 54.6 Å². The number of nitrogens with zero attached hydrogens (tertiary/aromatic N) is 1. The molecule has 0 aliphatic rings. The molecule has 0 saturated heterocycles. The van der Waals surface area contributed by atoms with Crippen LogP contribution in [0.2, 0.25) is 0 Å². The Balaban J connectivity index is 1.51. The first-order valence-corrected chi connectivity index (χ1v) is 10.8. The fourth-order valence-electron chi connectivity index (χ4n) is 2.96. The molecule has 0 heterocycles. The molecule has 0 atom stereocenters. The Labute approximate surface area is 177 Å². The van der Waals surface area contributed by atoms with E-state index >= 15 is 0 Å². The minimum absolute atomic E-state index is 0.203. The van der Waals surface area contributed by atoms with Crippen molar-refractivity contribution in [2.24, 2.45) is 5.10 Å². The Hall–Kier alpha value is -2.85. The fraction of sp³-hybridized carbons (Fsp3) is 0.200. The van der Waals surface area contributed by atoms with E-state index in [1.54, 1.807) is 6.21 Å². The molecule has 0 fully saturated rings. The molecule has 3 rings (SSSR count). The minimum Gasteiger partial charge on any atom is -0.267 e. The number of carbonyl (C=O) groups excluding carboxylic acids is 1. The van der Waals surface area contributed by atoms with Crippen LogP contribution in [0.1, 0.15) is 43.7 Å². The number of amides is 1. The van der Waals surface area contributed by atoms with Gasteiger partial charge in [0.25, 0.3) is 5.91 Å². The second kappa shape index (κ2) is 10.1. The molecule has 0 unspecified atom stereocenters. The first-order valence-electron chi connectivity index (χ1n) is 9.65. The van der Waals surface area contributed by atoms with Crippen LogP contribution in [-0.4, -0.2) is 12.1 Å². The third-order valence-electron chi connectivity index (χ3n) is 5.07. The minimum atomic E-state index is -0.203. The van der Waals surface area contributed by atoms with Crippen LogP contribution in [0, 0.1) is 20.8 Å². The van der Waals surface area contributed by atoms with Crippen molar-refractivity contribution in [3.05, 3.63) is 106 Å². The lowest BCUT2D eigenvalue weighted by molar-refractivity contribution is 0.0955. The molecule has 0 saturated carbocycles. The van der Waals surface area contributed by atoms with Gasteiger partial charge in [0.1, 0.15) is 0 Å². The number of thioether (sulfide) groups is 1. The summed E-state index contributed by atoms with van der Waals surface area (Å²) in [4.78, 5) is 12.3. The SMILES string of the molecule is Cc1ccc(/C=N\NC(=O)c2ccc(CSCc3ccccc3)cc2)c(C)c1C. The molecule has 0 aromatic heterocycles. The molecular weight excluding hydrogens is 376 g/mol. The van der Waals surface area contributed by atoms with Crippen molar-refractivity contribution >= 4 is 23.9 Å². The van der Waals surface area contributed by atoms with Gasteiger partial charge in [0.05, 0.1) is 6.21 Å². The van der Waals surface area contributed by atoms with Crippen LogP contribution >= 0.6 is 11.8 Å². The zero-order chi connectivity index (χ0) is 20.6. The van der Waals surface area contributed by atoms with Gasteiger partial charge in [-0.2, -0.15) is 16.9 Å². The zero-order valence-electron chi connectivity index (χ0n) is 17.1. The van der Waals surface area contributed by atoms with E-state index in [0.29, 0.717) is 5.56 Å². The quantitative estimate of drug-likeness (QED) is 0.400. The van der Waals surface area contributed by atoms with E-state index < -0.39 is 0 Å². The molecule has 0 spiro atoms. The van der Waals surface area contributed by atoms with Crippen LogP contribution in [0.15, 0.2) is 71.8 Å². The summed E-state index contributed by atoms with van der Waals surface area (Å²) in [6, 6.07) is 22.2. The standard InChI is InChI=1S/C25H26N2OS/c1-18-9-12-24(20(3)19(18)2)15-26-27-25(28)23-13-10-22(11-14-23)17-29-16-21-7-5-4-6-8-21/h4-15H,16-17H2,1-3H3,(H,27,28)/b26-15-. The Morgan fingerprint density at radius 1 is 0.862 bits per heavy atom. The van der Waals surface area contributed by atoms with Gasteiger partial charge >= 0.3 is 0 Å². The van der Waals surface area contributed by atoms with Gasteiger partial charge < -0.3 is 0 Å². The molecule has 0 bridgehead atoms. The largest absolute Gasteiger partial charge is 0.271 e. The van der Waals surface area contributed by atoms with Crippen LogP contribution in [0.4, 0.5) is 0 Å². The third-order valence-corrected chi connectivity index (χ3v) is 6.14. The highest BCUT2D eigenvalue weighted by Gasteiger charge is 2.05. The van der Waals surface area contributed by atoms with E-state index in [-0.39, 0.29) is 5.91 Å². The maximum Gasteiger partial charge on any atom is 0.271 e. The average Bonchev–Trinajstić information content (AvgIpc) is 2.75. The van der Waals surface area contributed by atoms with Crippen LogP contribution < -0.4 is 5.43 Å². The number of hydrogen-bond acceptors (Lipinski definition) is 3. The third kappa shape index (κ3) is 5.81. The van der Waals surface area contributed by atoms with Gasteiger partial charge in [-0.25, -0.2) is 5.43 Å². The molecule has 3 aromatic carbocycles. The lowest BCUT2D eigenvalue weighted by Crippen LogP contribution is -2.17. The molecule has 4 heteroatoms. The van der Waals surface area contributed by atoms with E-state index in [2.05, 4.69) is 61.6 Å². The van der Waals surface area contributed by atoms with Gasteiger partial charge in [-0.05, 0) is 66.3 Å². The first kappa shape index (κ1) is 20.9. The van der Waals surface area contributed by atoms with Gasteiger partial charge in [0, 0.05) is 17.1 Å². The number of rotatable bonds is 7. The van der Waals surface area contributed by atoms with Crippen LogP contribution in [0.25, 0.3) is 0 Å². The molecular formula is C25H26N2OS. The Kier molecular flexibility index (Phi) is 7.25. The summed E-state index contributed by atoms with van der Waals surface area (Å²) in [7, 11) is 0. The van der Waals surface area contributed by atoms with E-state index in [4.69, 9.17) is 0 Å². The molecule has 0 aliphatic carbocycles. The predicted molar refractivity (Wildman–Crippen MR) is 124 cm³/mol. The molecule has 0 aliphatic heterocycles. The summed E-state index contributed by atoms with van der Waals surface area (Å²) in [6.07, 6.45) is 1.70. The molecule has 3 aromatic rings. The van der Waals surface area contributed by atoms with Crippen molar-refractivity contribution in [2.45, 2.75) is 32.3 Å². The number of benzene rings is 3. The number of aryl methyl sites for hydroxylation is 1. The summed E-state index contributed by atoms with van der Waals surface area (Å²) in [6.45, 7) is 6.26. The maximum absolute atomic E-state index is 12.3. The number of nitrogens with one attached hydrogen (secondary N) is 1. The van der Waals surface area contributed by atoms with E-state index in [9.17, 15) is 4.79 Å². The summed E-state index contributed by atoms with van der Waals surface area (Å²) in [5, 5.41) is 4.13. The topological polar surface area (TPSA) is 41.5 Å². The van der Waals surface area contributed by atoms with Crippen LogP contribution in [0.3, 0.4) is 0 Å². The van der Waals surface area contributed by atoms with Gasteiger partial charge in [-0.3, -0.25) is 4.79 Å². The number of hydrogen-bond donors (Lipinski definition) is 1. The van der Waals surface area contributed by atoms with Crippen LogP contribution in [0.5, 0.6) is 0 Å². The van der Waals surface area contributed by atoms with E-state index in [1.807, 2.05) is 48.2 Å². The van der Waals surface area contributed by atoms with Crippen molar-refractivity contribution in [2.75, 3.05) is 0 Å². The number of carbonyl (C=O) groups is 1. The molecule has 29 heavy (non-hydrogen) atoms.